The smallest absolute Gasteiger partial charge is 0.167 e. The van der Waals surface area contributed by atoms with Crippen LogP contribution in [0.2, 0.25) is 0 Å². The molecule has 1 aromatic heterocycles. The molecule has 1 aliphatic rings. The SMILES string of the molecule is S=C(NCCN1CCOCC1)N[C@H](c1ccccc1)c1cccs1. The molecule has 1 aromatic carbocycles. The number of benzene rings is 1. The minimum atomic E-state index is 0.0922. The van der Waals surface area contributed by atoms with Gasteiger partial charge in [-0.2, -0.15) is 0 Å². The fourth-order valence-electron chi connectivity index (χ4n) is 2.75. The first-order chi connectivity index (χ1) is 11.8. The second kappa shape index (κ2) is 9.13. The molecule has 2 aromatic rings. The van der Waals surface area contributed by atoms with Crippen molar-refractivity contribution in [2.45, 2.75) is 6.04 Å². The summed E-state index contributed by atoms with van der Waals surface area (Å²) < 4.78 is 5.37. The van der Waals surface area contributed by atoms with Crippen LogP contribution in [0.15, 0.2) is 47.8 Å². The Hall–Kier alpha value is -1.47. The van der Waals surface area contributed by atoms with E-state index in [2.05, 4.69) is 57.3 Å². The van der Waals surface area contributed by atoms with E-state index in [1.807, 2.05) is 6.07 Å². The van der Waals surface area contributed by atoms with Gasteiger partial charge in [-0.1, -0.05) is 36.4 Å². The van der Waals surface area contributed by atoms with Crippen LogP contribution in [0.5, 0.6) is 0 Å². The molecule has 4 nitrogen and oxygen atoms in total. The summed E-state index contributed by atoms with van der Waals surface area (Å²) >= 11 is 7.25. The van der Waals surface area contributed by atoms with Crippen molar-refractivity contribution in [3.63, 3.8) is 0 Å². The maximum Gasteiger partial charge on any atom is 0.167 e. The van der Waals surface area contributed by atoms with Crippen LogP contribution in [0.3, 0.4) is 0 Å². The maximum absolute atomic E-state index is 5.51. The van der Waals surface area contributed by atoms with E-state index >= 15 is 0 Å². The largest absolute Gasteiger partial charge is 0.379 e. The summed E-state index contributed by atoms with van der Waals surface area (Å²) in [5.74, 6) is 0. The molecular weight excluding hydrogens is 338 g/mol. The van der Waals surface area contributed by atoms with Crippen LogP contribution in [0.4, 0.5) is 0 Å². The highest BCUT2D eigenvalue weighted by Gasteiger charge is 2.16. The van der Waals surface area contributed by atoms with E-state index in [1.54, 1.807) is 11.3 Å². The van der Waals surface area contributed by atoms with Crippen molar-refractivity contribution in [2.24, 2.45) is 0 Å². The molecule has 2 N–H and O–H groups in total. The van der Waals surface area contributed by atoms with Crippen LogP contribution in [-0.2, 0) is 4.74 Å². The Balaban J connectivity index is 1.53. The molecule has 2 heterocycles. The Labute approximate surface area is 152 Å². The minimum absolute atomic E-state index is 0.0922. The molecule has 128 valence electrons. The van der Waals surface area contributed by atoms with Gasteiger partial charge in [0.25, 0.3) is 0 Å². The van der Waals surface area contributed by atoms with Gasteiger partial charge in [0.05, 0.1) is 19.3 Å². The molecule has 0 aliphatic carbocycles. The normalized spacial score (nSPS) is 16.5. The predicted octanol–water partition coefficient (Wildman–Crippen LogP) is 2.63. The van der Waals surface area contributed by atoms with Crippen molar-refractivity contribution in [1.29, 1.82) is 0 Å². The highest BCUT2D eigenvalue weighted by molar-refractivity contribution is 7.80. The number of thiophene rings is 1. The Morgan fingerprint density at radius 2 is 1.96 bits per heavy atom. The number of rotatable bonds is 6. The zero-order valence-electron chi connectivity index (χ0n) is 13.6. The maximum atomic E-state index is 5.51. The van der Waals surface area contributed by atoms with Crippen molar-refractivity contribution < 1.29 is 4.74 Å². The minimum Gasteiger partial charge on any atom is -0.379 e. The topological polar surface area (TPSA) is 36.5 Å². The van der Waals surface area contributed by atoms with E-state index in [-0.39, 0.29) is 6.04 Å². The molecule has 1 atom stereocenters. The first-order valence-electron chi connectivity index (χ1n) is 8.26. The summed E-state index contributed by atoms with van der Waals surface area (Å²) in [7, 11) is 0. The number of hydrogen-bond acceptors (Lipinski definition) is 4. The van der Waals surface area contributed by atoms with E-state index in [9.17, 15) is 0 Å². The third-order valence-electron chi connectivity index (χ3n) is 4.05. The molecule has 1 aliphatic heterocycles. The highest BCUT2D eigenvalue weighted by atomic mass is 32.1. The number of nitrogens with one attached hydrogen (secondary N) is 2. The molecule has 0 spiro atoms. The molecule has 3 rings (SSSR count). The molecule has 0 saturated carbocycles. The van der Waals surface area contributed by atoms with Crippen LogP contribution in [0, 0.1) is 0 Å². The third-order valence-corrected chi connectivity index (χ3v) is 5.25. The molecular formula is C18H23N3OS2. The van der Waals surface area contributed by atoms with E-state index in [1.165, 1.54) is 10.4 Å². The van der Waals surface area contributed by atoms with Crippen molar-refractivity contribution in [2.75, 3.05) is 39.4 Å². The van der Waals surface area contributed by atoms with Gasteiger partial charge in [0.2, 0.25) is 0 Å². The molecule has 1 saturated heterocycles. The Bertz CT molecular complexity index is 612. The number of morpholine rings is 1. The summed E-state index contributed by atoms with van der Waals surface area (Å²) in [4.78, 5) is 3.66. The standard InChI is InChI=1S/C18H23N3OS2/c23-18(19-8-9-21-10-12-22-13-11-21)20-17(16-7-4-14-24-16)15-5-2-1-3-6-15/h1-7,14,17H,8-13H2,(H2,19,20,23)/t17-/m1/s1. The van der Waals surface area contributed by atoms with E-state index < -0.39 is 0 Å². The fraction of sp³-hybridized carbons (Fsp3) is 0.389. The lowest BCUT2D eigenvalue weighted by molar-refractivity contribution is 0.0389. The van der Waals surface area contributed by atoms with Gasteiger partial charge in [-0.25, -0.2) is 0 Å². The molecule has 0 radical (unpaired) electrons. The number of nitrogens with zero attached hydrogens (tertiary/aromatic N) is 1. The molecule has 24 heavy (non-hydrogen) atoms. The van der Waals surface area contributed by atoms with Crippen LogP contribution >= 0.6 is 23.6 Å². The van der Waals surface area contributed by atoms with Crippen LogP contribution in [-0.4, -0.2) is 49.4 Å². The van der Waals surface area contributed by atoms with E-state index in [0.29, 0.717) is 5.11 Å². The molecule has 1 fully saturated rings. The summed E-state index contributed by atoms with van der Waals surface area (Å²) in [5.41, 5.74) is 1.22. The Morgan fingerprint density at radius 1 is 1.17 bits per heavy atom. The van der Waals surface area contributed by atoms with Gasteiger partial charge in [0.15, 0.2) is 5.11 Å². The molecule has 0 amide bonds. The lowest BCUT2D eigenvalue weighted by Gasteiger charge is -2.27. The molecule has 0 bridgehead atoms. The quantitative estimate of drug-likeness (QED) is 0.774. The van der Waals surface area contributed by atoms with Crippen molar-refractivity contribution in [1.82, 2.24) is 15.5 Å². The van der Waals surface area contributed by atoms with Gasteiger partial charge in [-0.3, -0.25) is 4.90 Å². The van der Waals surface area contributed by atoms with Gasteiger partial charge in [0.1, 0.15) is 0 Å². The van der Waals surface area contributed by atoms with Crippen LogP contribution < -0.4 is 10.6 Å². The lowest BCUT2D eigenvalue weighted by Crippen LogP contribution is -2.44. The van der Waals surface area contributed by atoms with E-state index in [0.717, 1.165) is 39.4 Å². The number of thiocarbonyl (C=S) groups is 1. The van der Waals surface area contributed by atoms with Crippen molar-refractivity contribution >= 4 is 28.7 Å². The van der Waals surface area contributed by atoms with Crippen LogP contribution in [0.1, 0.15) is 16.5 Å². The second-order valence-corrected chi connectivity index (χ2v) is 7.10. The van der Waals surface area contributed by atoms with Crippen LogP contribution in [0.25, 0.3) is 0 Å². The van der Waals surface area contributed by atoms with Crippen molar-refractivity contribution in [3.05, 3.63) is 58.3 Å². The lowest BCUT2D eigenvalue weighted by atomic mass is 10.1. The van der Waals surface area contributed by atoms with Gasteiger partial charge >= 0.3 is 0 Å². The van der Waals surface area contributed by atoms with Gasteiger partial charge < -0.3 is 15.4 Å². The predicted molar refractivity (Wildman–Crippen MR) is 104 cm³/mol. The number of hydrogen-bond donors (Lipinski definition) is 2. The summed E-state index contributed by atoms with van der Waals surface area (Å²) in [6.07, 6.45) is 0. The summed E-state index contributed by atoms with van der Waals surface area (Å²) in [6, 6.07) is 14.7. The fourth-order valence-corrected chi connectivity index (χ4v) is 3.78. The summed E-state index contributed by atoms with van der Waals surface area (Å²) in [5, 5.41) is 9.59. The first-order valence-corrected chi connectivity index (χ1v) is 9.54. The third kappa shape index (κ3) is 5.01. The number of ether oxygens (including phenoxy) is 1. The van der Waals surface area contributed by atoms with Gasteiger partial charge in [0, 0.05) is 31.1 Å². The Morgan fingerprint density at radius 3 is 2.67 bits per heavy atom. The molecule has 6 heteroatoms. The Kier molecular flexibility index (Phi) is 6.60. The van der Waals surface area contributed by atoms with Gasteiger partial charge in [-0.05, 0) is 29.2 Å². The second-order valence-electron chi connectivity index (χ2n) is 5.71. The highest BCUT2D eigenvalue weighted by Crippen LogP contribution is 2.25. The monoisotopic (exact) mass is 361 g/mol. The average molecular weight is 362 g/mol. The average Bonchev–Trinajstić information content (AvgIpc) is 3.16. The first kappa shape index (κ1) is 17.4. The molecule has 0 unspecified atom stereocenters. The van der Waals surface area contributed by atoms with Gasteiger partial charge in [-0.15, -0.1) is 11.3 Å². The zero-order chi connectivity index (χ0) is 16.6. The van der Waals surface area contributed by atoms with Crippen molar-refractivity contribution in [3.8, 4) is 0 Å². The summed E-state index contributed by atoms with van der Waals surface area (Å²) in [6.45, 7) is 5.50. The van der Waals surface area contributed by atoms with E-state index in [4.69, 9.17) is 17.0 Å². The zero-order valence-corrected chi connectivity index (χ0v) is 15.2.